The fourth-order valence-corrected chi connectivity index (χ4v) is 4.47. The maximum atomic E-state index is 12.9. The fraction of sp³-hybridized carbons (Fsp3) is 0.345. The SMILES string of the molecule is Cc1ccc(C(=O)N2CCN(c3ccc(C(=O)NCCCCc4ccccc4)cn3)CC2)c(C)c1. The minimum Gasteiger partial charge on any atom is -0.353 e. The monoisotopic (exact) mass is 470 g/mol. The molecule has 182 valence electrons. The van der Waals surface area contributed by atoms with Crippen molar-refractivity contribution in [2.45, 2.75) is 33.1 Å². The topological polar surface area (TPSA) is 65.5 Å². The second kappa shape index (κ2) is 11.6. The fourth-order valence-electron chi connectivity index (χ4n) is 4.47. The van der Waals surface area contributed by atoms with E-state index in [0.717, 1.165) is 54.9 Å². The highest BCUT2D eigenvalue weighted by Gasteiger charge is 2.24. The van der Waals surface area contributed by atoms with E-state index in [0.29, 0.717) is 25.2 Å². The number of carbonyl (C=O) groups excluding carboxylic acids is 2. The number of aryl methyl sites for hydroxylation is 3. The van der Waals surface area contributed by atoms with Crippen LogP contribution < -0.4 is 10.2 Å². The molecule has 2 amide bonds. The van der Waals surface area contributed by atoms with Gasteiger partial charge in [0.25, 0.3) is 11.8 Å². The molecule has 2 aromatic carbocycles. The summed E-state index contributed by atoms with van der Waals surface area (Å²) in [7, 11) is 0. The van der Waals surface area contributed by atoms with E-state index < -0.39 is 0 Å². The Balaban J connectivity index is 1.21. The van der Waals surface area contributed by atoms with Crippen molar-refractivity contribution in [1.29, 1.82) is 0 Å². The van der Waals surface area contributed by atoms with Crippen molar-refractivity contribution >= 4 is 17.6 Å². The second-order valence-corrected chi connectivity index (χ2v) is 9.20. The van der Waals surface area contributed by atoms with Gasteiger partial charge in [0.1, 0.15) is 5.82 Å². The first-order valence-corrected chi connectivity index (χ1v) is 12.4. The molecule has 0 unspecified atom stereocenters. The van der Waals surface area contributed by atoms with Crippen molar-refractivity contribution < 1.29 is 9.59 Å². The van der Waals surface area contributed by atoms with Crippen LogP contribution in [0.1, 0.15) is 50.2 Å². The van der Waals surface area contributed by atoms with Crippen molar-refractivity contribution in [3.8, 4) is 0 Å². The summed E-state index contributed by atoms with van der Waals surface area (Å²) >= 11 is 0. The van der Waals surface area contributed by atoms with Gasteiger partial charge in [-0.15, -0.1) is 0 Å². The quantitative estimate of drug-likeness (QED) is 0.495. The van der Waals surface area contributed by atoms with Crippen LogP contribution in [0, 0.1) is 13.8 Å². The van der Waals surface area contributed by atoms with E-state index in [1.54, 1.807) is 6.20 Å². The second-order valence-electron chi connectivity index (χ2n) is 9.20. The maximum absolute atomic E-state index is 12.9. The Hall–Kier alpha value is -3.67. The predicted molar refractivity (Wildman–Crippen MR) is 140 cm³/mol. The standard InChI is InChI=1S/C29H34N4O2/c1-22-11-13-26(23(2)20-22)29(35)33-18-16-32(17-19-33)27-14-12-25(21-31-27)28(34)30-15-7-6-10-24-8-4-3-5-9-24/h3-5,8-9,11-14,20-21H,6-7,10,15-19H2,1-2H3,(H,30,34). The summed E-state index contributed by atoms with van der Waals surface area (Å²) in [6.45, 7) is 7.42. The highest BCUT2D eigenvalue weighted by atomic mass is 16.2. The molecule has 6 heteroatoms. The number of aromatic nitrogens is 1. The summed E-state index contributed by atoms with van der Waals surface area (Å²) in [5, 5.41) is 2.99. The highest BCUT2D eigenvalue weighted by molar-refractivity contribution is 5.96. The van der Waals surface area contributed by atoms with Gasteiger partial charge in [-0.1, -0.05) is 48.0 Å². The molecule has 1 aliphatic rings. The van der Waals surface area contributed by atoms with Gasteiger partial charge in [0, 0.05) is 44.5 Å². The van der Waals surface area contributed by atoms with E-state index in [1.165, 1.54) is 5.56 Å². The van der Waals surface area contributed by atoms with Crippen LogP contribution in [0.25, 0.3) is 0 Å². The number of piperazine rings is 1. The Morgan fingerprint density at radius 3 is 2.37 bits per heavy atom. The zero-order valence-corrected chi connectivity index (χ0v) is 20.7. The van der Waals surface area contributed by atoms with Crippen LogP contribution in [0.4, 0.5) is 5.82 Å². The third-order valence-electron chi connectivity index (χ3n) is 6.53. The van der Waals surface area contributed by atoms with Gasteiger partial charge < -0.3 is 15.1 Å². The number of pyridine rings is 1. The molecule has 1 fully saturated rings. The van der Waals surface area contributed by atoms with E-state index >= 15 is 0 Å². The minimum absolute atomic E-state index is 0.0888. The Kier molecular flexibility index (Phi) is 8.14. The summed E-state index contributed by atoms with van der Waals surface area (Å²) < 4.78 is 0. The highest BCUT2D eigenvalue weighted by Crippen LogP contribution is 2.18. The predicted octanol–water partition coefficient (Wildman–Crippen LogP) is 4.41. The molecular formula is C29H34N4O2. The number of benzene rings is 2. The summed E-state index contributed by atoms with van der Waals surface area (Å²) in [5.74, 6) is 0.835. The van der Waals surface area contributed by atoms with Crippen molar-refractivity contribution in [2.75, 3.05) is 37.6 Å². The average molecular weight is 471 g/mol. The molecule has 4 rings (SSSR count). The summed E-state index contributed by atoms with van der Waals surface area (Å²) in [4.78, 5) is 34.0. The van der Waals surface area contributed by atoms with E-state index in [1.807, 2.05) is 49.1 Å². The molecule has 0 atom stereocenters. The zero-order valence-electron chi connectivity index (χ0n) is 20.7. The van der Waals surface area contributed by atoms with E-state index in [-0.39, 0.29) is 11.8 Å². The Morgan fingerprint density at radius 1 is 0.914 bits per heavy atom. The van der Waals surface area contributed by atoms with Gasteiger partial charge in [-0.2, -0.15) is 0 Å². The molecule has 0 aliphatic carbocycles. The largest absolute Gasteiger partial charge is 0.353 e. The molecule has 6 nitrogen and oxygen atoms in total. The Morgan fingerprint density at radius 2 is 1.69 bits per heavy atom. The molecule has 35 heavy (non-hydrogen) atoms. The van der Waals surface area contributed by atoms with Gasteiger partial charge in [-0.25, -0.2) is 4.98 Å². The molecule has 0 spiro atoms. The lowest BCUT2D eigenvalue weighted by molar-refractivity contribution is 0.0745. The molecule has 0 saturated carbocycles. The van der Waals surface area contributed by atoms with Crippen LogP contribution in [0.3, 0.4) is 0 Å². The lowest BCUT2D eigenvalue weighted by Crippen LogP contribution is -2.49. The first-order chi connectivity index (χ1) is 17.0. The maximum Gasteiger partial charge on any atom is 0.254 e. The molecule has 2 heterocycles. The molecule has 1 saturated heterocycles. The summed E-state index contributed by atoms with van der Waals surface area (Å²) in [6.07, 6.45) is 4.65. The third kappa shape index (κ3) is 6.47. The van der Waals surface area contributed by atoms with Gasteiger partial charge in [-0.3, -0.25) is 9.59 Å². The van der Waals surface area contributed by atoms with Gasteiger partial charge in [-0.05, 0) is 62.4 Å². The van der Waals surface area contributed by atoms with Crippen molar-refractivity contribution in [3.05, 3.63) is 94.7 Å². The summed E-state index contributed by atoms with van der Waals surface area (Å²) in [5.41, 5.74) is 4.85. The number of nitrogens with one attached hydrogen (secondary N) is 1. The number of hydrogen-bond acceptors (Lipinski definition) is 4. The molecular weight excluding hydrogens is 436 g/mol. The van der Waals surface area contributed by atoms with Crippen LogP contribution in [0.2, 0.25) is 0 Å². The summed E-state index contributed by atoms with van der Waals surface area (Å²) in [6, 6.07) is 20.1. The number of hydrogen-bond donors (Lipinski definition) is 1. The van der Waals surface area contributed by atoms with E-state index in [9.17, 15) is 9.59 Å². The van der Waals surface area contributed by atoms with Crippen LogP contribution in [0.5, 0.6) is 0 Å². The molecule has 3 aromatic rings. The lowest BCUT2D eigenvalue weighted by atomic mass is 10.0. The first kappa shape index (κ1) is 24.5. The lowest BCUT2D eigenvalue weighted by Gasteiger charge is -2.35. The third-order valence-corrected chi connectivity index (χ3v) is 6.53. The normalized spacial score (nSPS) is 13.5. The number of unbranched alkanes of at least 4 members (excludes halogenated alkanes) is 1. The van der Waals surface area contributed by atoms with E-state index in [2.05, 4.69) is 45.5 Å². The molecule has 1 N–H and O–H groups in total. The van der Waals surface area contributed by atoms with Crippen molar-refractivity contribution in [2.24, 2.45) is 0 Å². The minimum atomic E-state index is -0.0901. The van der Waals surface area contributed by atoms with Crippen molar-refractivity contribution in [3.63, 3.8) is 0 Å². The van der Waals surface area contributed by atoms with Gasteiger partial charge >= 0.3 is 0 Å². The van der Waals surface area contributed by atoms with Crippen LogP contribution >= 0.6 is 0 Å². The van der Waals surface area contributed by atoms with E-state index in [4.69, 9.17) is 0 Å². The van der Waals surface area contributed by atoms with Crippen LogP contribution in [-0.4, -0.2) is 54.4 Å². The molecule has 1 aromatic heterocycles. The van der Waals surface area contributed by atoms with Crippen LogP contribution in [0.15, 0.2) is 66.9 Å². The van der Waals surface area contributed by atoms with Gasteiger partial charge in [0.15, 0.2) is 0 Å². The zero-order chi connectivity index (χ0) is 24.6. The molecule has 0 radical (unpaired) electrons. The van der Waals surface area contributed by atoms with Crippen molar-refractivity contribution in [1.82, 2.24) is 15.2 Å². The van der Waals surface area contributed by atoms with Gasteiger partial charge in [0.05, 0.1) is 5.56 Å². The molecule has 0 bridgehead atoms. The smallest absolute Gasteiger partial charge is 0.254 e. The van der Waals surface area contributed by atoms with Crippen LogP contribution in [-0.2, 0) is 6.42 Å². The number of rotatable bonds is 8. The number of nitrogens with zero attached hydrogens (tertiary/aromatic N) is 3. The average Bonchev–Trinajstić information content (AvgIpc) is 2.89. The molecule has 1 aliphatic heterocycles. The Labute approximate surface area is 208 Å². The number of anilines is 1. The number of amides is 2. The van der Waals surface area contributed by atoms with Gasteiger partial charge in [0.2, 0.25) is 0 Å². The Bertz CT molecular complexity index is 1140. The number of carbonyl (C=O) groups is 2. The first-order valence-electron chi connectivity index (χ1n) is 12.4.